The minimum atomic E-state index is 0.00697. The number of carbonyl (C=O) groups is 1. The summed E-state index contributed by atoms with van der Waals surface area (Å²) in [6.45, 7) is 7.83. The molecule has 2 N–H and O–H groups in total. The van der Waals surface area contributed by atoms with Crippen molar-refractivity contribution in [1.82, 2.24) is 20.4 Å². The first-order valence-corrected chi connectivity index (χ1v) is 9.12. The Kier molecular flexibility index (Phi) is 7.30. The highest BCUT2D eigenvalue weighted by Crippen LogP contribution is 2.30. The van der Waals surface area contributed by atoms with E-state index < -0.39 is 0 Å². The van der Waals surface area contributed by atoms with Crippen LogP contribution in [0.2, 0.25) is 0 Å². The second kappa shape index (κ2) is 9.22. The van der Waals surface area contributed by atoms with Crippen molar-refractivity contribution in [3.8, 4) is 0 Å². The molecule has 0 aliphatic carbocycles. The van der Waals surface area contributed by atoms with Crippen molar-refractivity contribution >= 4 is 11.9 Å². The van der Waals surface area contributed by atoms with Crippen LogP contribution in [0.3, 0.4) is 0 Å². The average Bonchev–Trinajstić information content (AvgIpc) is 3.13. The average molecular weight is 339 g/mol. The van der Waals surface area contributed by atoms with E-state index in [4.69, 9.17) is 4.74 Å². The van der Waals surface area contributed by atoms with E-state index in [9.17, 15) is 4.79 Å². The van der Waals surface area contributed by atoms with Gasteiger partial charge in [0.05, 0.1) is 0 Å². The Balaban J connectivity index is 1.98. The Bertz CT molecular complexity index is 427. The molecule has 0 aromatic carbocycles. The van der Waals surface area contributed by atoms with Crippen molar-refractivity contribution in [2.45, 2.75) is 38.1 Å². The van der Waals surface area contributed by atoms with Crippen LogP contribution in [0.5, 0.6) is 0 Å². The van der Waals surface area contributed by atoms with Crippen LogP contribution in [0.25, 0.3) is 0 Å². The fourth-order valence-electron chi connectivity index (χ4n) is 3.43. The Labute approximate surface area is 145 Å². The topological polar surface area (TPSA) is 69.2 Å². The Hall–Kier alpha value is -1.34. The number of likely N-dealkylation sites (tertiary alicyclic amines) is 1. The van der Waals surface area contributed by atoms with Gasteiger partial charge in [-0.05, 0) is 45.7 Å². The van der Waals surface area contributed by atoms with Crippen LogP contribution in [0.4, 0.5) is 0 Å². The number of guanidine groups is 1. The molecule has 24 heavy (non-hydrogen) atoms. The van der Waals surface area contributed by atoms with Gasteiger partial charge in [0.1, 0.15) is 6.54 Å². The molecule has 7 heteroatoms. The van der Waals surface area contributed by atoms with Gasteiger partial charge in [-0.2, -0.15) is 0 Å². The Morgan fingerprint density at radius 2 is 1.88 bits per heavy atom. The van der Waals surface area contributed by atoms with Gasteiger partial charge in [-0.15, -0.1) is 0 Å². The summed E-state index contributed by atoms with van der Waals surface area (Å²) in [5.74, 6) is 0.727. The molecule has 138 valence electrons. The molecule has 0 radical (unpaired) electrons. The van der Waals surface area contributed by atoms with Crippen LogP contribution in [-0.4, -0.2) is 87.2 Å². The zero-order chi connectivity index (χ0) is 17.4. The first-order valence-electron chi connectivity index (χ1n) is 9.12. The zero-order valence-corrected chi connectivity index (χ0v) is 15.4. The molecule has 2 fully saturated rings. The van der Waals surface area contributed by atoms with Gasteiger partial charge in [-0.3, -0.25) is 9.69 Å². The number of hydrogen-bond acceptors (Lipinski definition) is 4. The first-order chi connectivity index (χ1) is 11.6. The van der Waals surface area contributed by atoms with Crippen molar-refractivity contribution in [1.29, 1.82) is 0 Å². The summed E-state index contributed by atoms with van der Waals surface area (Å²) >= 11 is 0. The lowest BCUT2D eigenvalue weighted by molar-refractivity contribution is -0.127. The second-order valence-corrected chi connectivity index (χ2v) is 6.87. The van der Waals surface area contributed by atoms with Crippen LogP contribution in [0, 0.1) is 0 Å². The van der Waals surface area contributed by atoms with E-state index in [1.54, 1.807) is 19.0 Å². The summed E-state index contributed by atoms with van der Waals surface area (Å²) in [5, 5.41) is 6.72. The Morgan fingerprint density at radius 1 is 1.21 bits per heavy atom. The van der Waals surface area contributed by atoms with Crippen LogP contribution in [-0.2, 0) is 9.53 Å². The lowest BCUT2D eigenvalue weighted by Gasteiger charge is -2.45. The largest absolute Gasteiger partial charge is 0.381 e. The number of aliphatic imine (C=N–C) groups is 1. The molecule has 0 bridgehead atoms. The molecular weight excluding hydrogens is 306 g/mol. The van der Waals surface area contributed by atoms with E-state index in [0.717, 1.165) is 45.1 Å². The monoisotopic (exact) mass is 339 g/mol. The summed E-state index contributed by atoms with van der Waals surface area (Å²) in [7, 11) is 3.51. The molecule has 2 aliphatic heterocycles. The molecule has 1 amide bonds. The molecule has 2 saturated heterocycles. The minimum Gasteiger partial charge on any atom is -0.381 e. The summed E-state index contributed by atoms with van der Waals surface area (Å²) in [5.41, 5.74) is 0.149. The maximum atomic E-state index is 11.8. The van der Waals surface area contributed by atoms with Gasteiger partial charge in [0.25, 0.3) is 0 Å². The predicted octanol–water partition coefficient (Wildman–Crippen LogP) is 0.275. The highest BCUT2D eigenvalue weighted by Gasteiger charge is 2.39. The molecular formula is C17H33N5O2. The number of likely N-dealkylation sites (N-methyl/N-ethyl adjacent to an activating group) is 1. The molecule has 0 aromatic rings. The number of hydrogen-bond donors (Lipinski definition) is 2. The van der Waals surface area contributed by atoms with E-state index >= 15 is 0 Å². The van der Waals surface area contributed by atoms with Crippen LogP contribution in [0.15, 0.2) is 4.99 Å². The maximum Gasteiger partial charge on any atom is 0.243 e. The predicted molar refractivity (Wildman–Crippen MR) is 96.3 cm³/mol. The van der Waals surface area contributed by atoms with Crippen molar-refractivity contribution in [2.75, 3.05) is 60.0 Å². The van der Waals surface area contributed by atoms with Crippen molar-refractivity contribution in [2.24, 2.45) is 4.99 Å². The number of rotatable bonds is 6. The van der Waals surface area contributed by atoms with E-state index in [-0.39, 0.29) is 18.0 Å². The number of ether oxygens (including phenoxy) is 1. The molecule has 0 unspecified atom stereocenters. The molecule has 0 aromatic heterocycles. The summed E-state index contributed by atoms with van der Waals surface area (Å²) in [4.78, 5) is 20.4. The highest BCUT2D eigenvalue weighted by molar-refractivity contribution is 5.84. The lowest BCUT2D eigenvalue weighted by atomic mass is 9.88. The first kappa shape index (κ1) is 19.0. The quantitative estimate of drug-likeness (QED) is 0.537. The van der Waals surface area contributed by atoms with Crippen LogP contribution < -0.4 is 10.6 Å². The van der Waals surface area contributed by atoms with Gasteiger partial charge in [0.2, 0.25) is 5.91 Å². The fourth-order valence-corrected chi connectivity index (χ4v) is 3.43. The molecule has 2 heterocycles. The van der Waals surface area contributed by atoms with Crippen molar-refractivity contribution in [3.63, 3.8) is 0 Å². The zero-order valence-electron chi connectivity index (χ0n) is 15.4. The molecule has 0 saturated carbocycles. The van der Waals surface area contributed by atoms with Crippen molar-refractivity contribution < 1.29 is 9.53 Å². The molecule has 0 atom stereocenters. The van der Waals surface area contributed by atoms with Gasteiger partial charge in [0, 0.05) is 45.9 Å². The highest BCUT2D eigenvalue weighted by atomic mass is 16.5. The number of nitrogens with zero attached hydrogens (tertiary/aromatic N) is 3. The van der Waals surface area contributed by atoms with Crippen LogP contribution in [0.1, 0.15) is 32.6 Å². The smallest absolute Gasteiger partial charge is 0.243 e. The van der Waals surface area contributed by atoms with Gasteiger partial charge >= 0.3 is 0 Å². The van der Waals surface area contributed by atoms with E-state index in [1.807, 2.05) is 6.92 Å². The molecule has 0 spiro atoms. The third-order valence-electron chi connectivity index (χ3n) is 5.00. The fraction of sp³-hybridized carbons (Fsp3) is 0.882. The molecule has 7 nitrogen and oxygen atoms in total. The number of nitrogens with one attached hydrogen (secondary N) is 2. The Morgan fingerprint density at radius 3 is 2.46 bits per heavy atom. The number of carbonyl (C=O) groups excluding carboxylic acids is 1. The second-order valence-electron chi connectivity index (χ2n) is 6.87. The SMILES string of the molecule is CCNC(=NCC(=O)N(C)C)NCC1(N2CCCC2)CCOCC1. The normalized spacial score (nSPS) is 21.5. The van der Waals surface area contributed by atoms with Gasteiger partial charge in [0.15, 0.2) is 5.96 Å². The minimum absolute atomic E-state index is 0.00697. The third-order valence-corrected chi connectivity index (χ3v) is 5.00. The van der Waals surface area contributed by atoms with E-state index in [1.165, 1.54) is 25.9 Å². The molecule has 2 aliphatic rings. The van der Waals surface area contributed by atoms with Crippen LogP contribution >= 0.6 is 0 Å². The summed E-state index contributed by atoms with van der Waals surface area (Å²) in [6.07, 6.45) is 4.67. The maximum absolute atomic E-state index is 11.8. The summed E-state index contributed by atoms with van der Waals surface area (Å²) < 4.78 is 5.59. The number of amides is 1. The molecule has 2 rings (SSSR count). The van der Waals surface area contributed by atoms with Gasteiger partial charge in [-0.25, -0.2) is 4.99 Å². The van der Waals surface area contributed by atoms with E-state index in [0.29, 0.717) is 0 Å². The lowest BCUT2D eigenvalue weighted by Crippen LogP contribution is -2.58. The van der Waals surface area contributed by atoms with E-state index in [2.05, 4.69) is 20.5 Å². The van der Waals surface area contributed by atoms with Gasteiger partial charge in [-0.1, -0.05) is 0 Å². The summed E-state index contributed by atoms with van der Waals surface area (Å²) in [6, 6.07) is 0. The standard InChI is InChI=1S/C17H33N5O2/c1-4-18-16(19-13-15(23)21(2)3)20-14-17(7-11-24-12-8-17)22-9-5-6-10-22/h4-14H2,1-3H3,(H2,18,19,20). The van der Waals surface area contributed by atoms with Crippen molar-refractivity contribution in [3.05, 3.63) is 0 Å². The van der Waals surface area contributed by atoms with Gasteiger partial charge < -0.3 is 20.3 Å². The third kappa shape index (κ3) is 5.08.